The molecule has 1 aromatic rings. The zero-order chi connectivity index (χ0) is 19.5. The zero-order valence-electron chi connectivity index (χ0n) is 17.1. The number of halogens is 2. The van der Waals surface area contributed by atoms with Crippen molar-refractivity contribution in [2.45, 2.75) is 83.2 Å². The summed E-state index contributed by atoms with van der Waals surface area (Å²) in [6.45, 7) is 2.78. The second kappa shape index (κ2) is 9.30. The van der Waals surface area contributed by atoms with Gasteiger partial charge in [-0.05, 0) is 87.5 Å². The molecule has 0 aromatic heterocycles. The first kappa shape index (κ1) is 20.4. The Morgan fingerprint density at radius 3 is 2.21 bits per heavy atom. The highest BCUT2D eigenvalue weighted by atomic mass is 35.5. The predicted octanol–water partition coefficient (Wildman–Crippen LogP) is 7.99. The van der Waals surface area contributed by atoms with Gasteiger partial charge < -0.3 is 4.74 Å². The molecule has 1 unspecified atom stereocenters. The van der Waals surface area contributed by atoms with Gasteiger partial charge in [0.05, 0.1) is 11.6 Å². The Bertz CT molecular complexity index is 680. The lowest BCUT2D eigenvalue weighted by Gasteiger charge is -2.38. The minimum absolute atomic E-state index is 0.0138. The molecule has 3 heteroatoms. The Balaban J connectivity index is 1.28. The van der Waals surface area contributed by atoms with Crippen LogP contribution < -0.4 is 0 Å². The lowest BCUT2D eigenvalue weighted by molar-refractivity contribution is 0.156. The zero-order valence-corrected chi connectivity index (χ0v) is 17.9. The van der Waals surface area contributed by atoms with Gasteiger partial charge in [-0.1, -0.05) is 48.7 Å². The fourth-order valence-corrected chi connectivity index (χ4v) is 6.01. The molecule has 2 aliphatic carbocycles. The average molecular weight is 405 g/mol. The summed E-state index contributed by atoms with van der Waals surface area (Å²) in [5.41, 5.74) is 1.66. The van der Waals surface area contributed by atoms with Gasteiger partial charge in [-0.2, -0.15) is 0 Å². The van der Waals surface area contributed by atoms with Crippen LogP contribution in [0, 0.1) is 23.6 Å². The molecular weight excluding hydrogens is 371 g/mol. The number of hydrogen-bond donors (Lipinski definition) is 0. The molecule has 1 aliphatic heterocycles. The van der Waals surface area contributed by atoms with Crippen LogP contribution in [0.3, 0.4) is 0 Å². The maximum absolute atomic E-state index is 14.9. The number of benzene rings is 1. The van der Waals surface area contributed by atoms with Crippen molar-refractivity contribution in [2.24, 2.45) is 17.8 Å². The molecule has 1 aromatic carbocycles. The van der Waals surface area contributed by atoms with E-state index in [0.29, 0.717) is 17.5 Å². The highest BCUT2D eigenvalue weighted by molar-refractivity contribution is 6.31. The number of allylic oxidation sites excluding steroid dienone is 2. The number of hydrogen-bond acceptors (Lipinski definition) is 1. The van der Waals surface area contributed by atoms with Crippen LogP contribution in [-0.2, 0) is 4.74 Å². The summed E-state index contributed by atoms with van der Waals surface area (Å²) >= 11 is 6.30. The molecule has 0 amide bonds. The monoisotopic (exact) mass is 404 g/mol. The van der Waals surface area contributed by atoms with E-state index in [4.69, 9.17) is 16.3 Å². The SMILES string of the molecule is C/C=C/CCC1CCC(C2CCC(c3ccc(C4CO4)c(Cl)c3F)CC2)CC1. The predicted molar refractivity (Wildman–Crippen MR) is 114 cm³/mol. The van der Waals surface area contributed by atoms with Crippen molar-refractivity contribution in [3.63, 3.8) is 0 Å². The highest BCUT2D eigenvalue weighted by Crippen LogP contribution is 2.46. The van der Waals surface area contributed by atoms with Crippen LogP contribution in [0.1, 0.15) is 94.3 Å². The normalized spacial score (nSPS) is 33.3. The molecule has 0 N–H and O–H groups in total. The van der Waals surface area contributed by atoms with Gasteiger partial charge in [-0.3, -0.25) is 0 Å². The molecule has 1 nitrogen and oxygen atoms in total. The van der Waals surface area contributed by atoms with E-state index in [2.05, 4.69) is 19.1 Å². The first-order valence-electron chi connectivity index (χ1n) is 11.4. The van der Waals surface area contributed by atoms with Crippen molar-refractivity contribution in [1.82, 2.24) is 0 Å². The van der Waals surface area contributed by atoms with E-state index in [-0.39, 0.29) is 11.9 Å². The first-order chi connectivity index (χ1) is 13.7. The van der Waals surface area contributed by atoms with Gasteiger partial charge in [0.25, 0.3) is 0 Å². The highest BCUT2D eigenvalue weighted by Gasteiger charge is 2.34. The summed E-state index contributed by atoms with van der Waals surface area (Å²) in [6, 6.07) is 3.96. The van der Waals surface area contributed by atoms with E-state index in [9.17, 15) is 4.39 Å². The van der Waals surface area contributed by atoms with Crippen LogP contribution in [0.15, 0.2) is 24.3 Å². The molecule has 0 bridgehead atoms. The van der Waals surface area contributed by atoms with Gasteiger partial charge in [-0.15, -0.1) is 0 Å². The molecular formula is C25H34ClFO. The third-order valence-corrected chi connectivity index (χ3v) is 7.95. The third-order valence-electron chi connectivity index (χ3n) is 7.57. The molecule has 154 valence electrons. The quantitative estimate of drug-likeness (QED) is 0.345. The van der Waals surface area contributed by atoms with E-state index in [1.54, 1.807) is 0 Å². The van der Waals surface area contributed by atoms with Crippen molar-refractivity contribution in [3.05, 3.63) is 46.3 Å². The fraction of sp³-hybridized carbons (Fsp3) is 0.680. The Morgan fingerprint density at radius 2 is 1.61 bits per heavy atom. The minimum Gasteiger partial charge on any atom is -0.368 e. The summed E-state index contributed by atoms with van der Waals surface area (Å²) in [6.07, 6.45) is 17.5. The molecule has 0 spiro atoms. The fourth-order valence-electron chi connectivity index (χ4n) is 5.72. The van der Waals surface area contributed by atoms with Crippen LogP contribution in [-0.4, -0.2) is 6.61 Å². The molecule has 0 radical (unpaired) electrons. The molecule has 2 saturated carbocycles. The third kappa shape index (κ3) is 4.65. The maximum Gasteiger partial charge on any atom is 0.145 e. The first-order valence-corrected chi connectivity index (χ1v) is 11.8. The second-order valence-electron chi connectivity index (χ2n) is 9.23. The van der Waals surface area contributed by atoms with E-state index >= 15 is 0 Å². The van der Waals surface area contributed by atoms with Gasteiger partial charge >= 0.3 is 0 Å². The van der Waals surface area contributed by atoms with E-state index in [0.717, 1.165) is 41.7 Å². The Hall–Kier alpha value is -0.860. The largest absolute Gasteiger partial charge is 0.368 e. The second-order valence-corrected chi connectivity index (χ2v) is 9.61. The minimum atomic E-state index is -0.195. The Kier molecular flexibility index (Phi) is 6.78. The standard InChI is InChI=1S/C25H34ClFO/c1-2-3-4-5-17-6-8-18(9-7-17)19-10-12-20(13-11-19)21-14-15-22(23-16-28-23)24(26)25(21)27/h2-3,14-15,17-20,23H,4-13,16H2,1H3/b3-2+. The van der Waals surface area contributed by atoms with Crippen LogP contribution in [0.4, 0.5) is 4.39 Å². The van der Waals surface area contributed by atoms with Gasteiger partial charge in [0.1, 0.15) is 11.9 Å². The molecule has 1 atom stereocenters. The summed E-state index contributed by atoms with van der Waals surface area (Å²) in [7, 11) is 0. The van der Waals surface area contributed by atoms with E-state index < -0.39 is 0 Å². The molecule has 28 heavy (non-hydrogen) atoms. The van der Waals surface area contributed by atoms with E-state index in [1.807, 2.05) is 12.1 Å². The van der Waals surface area contributed by atoms with Crippen molar-refractivity contribution in [1.29, 1.82) is 0 Å². The van der Waals surface area contributed by atoms with Gasteiger partial charge in [-0.25, -0.2) is 4.39 Å². The summed E-state index contributed by atoms with van der Waals surface area (Å²) in [5, 5.41) is 0.290. The molecule has 3 fully saturated rings. The van der Waals surface area contributed by atoms with Crippen LogP contribution in [0.25, 0.3) is 0 Å². The maximum atomic E-state index is 14.9. The Labute approximate surface area is 174 Å². The lowest BCUT2D eigenvalue weighted by Crippen LogP contribution is -2.25. The smallest absolute Gasteiger partial charge is 0.145 e. The van der Waals surface area contributed by atoms with Crippen LogP contribution in [0.5, 0.6) is 0 Å². The molecule has 4 rings (SSSR count). The lowest BCUT2D eigenvalue weighted by atomic mass is 9.68. The number of rotatable bonds is 6. The van der Waals surface area contributed by atoms with Gasteiger partial charge in [0.15, 0.2) is 0 Å². The molecule has 1 heterocycles. The summed E-state index contributed by atoms with van der Waals surface area (Å²) in [4.78, 5) is 0. The molecule has 3 aliphatic rings. The van der Waals surface area contributed by atoms with Gasteiger partial charge in [0, 0.05) is 5.56 Å². The number of ether oxygens (including phenoxy) is 1. The Morgan fingerprint density at radius 1 is 1.00 bits per heavy atom. The van der Waals surface area contributed by atoms with Crippen molar-refractivity contribution < 1.29 is 9.13 Å². The topological polar surface area (TPSA) is 12.5 Å². The number of epoxide rings is 1. The summed E-state index contributed by atoms with van der Waals surface area (Å²) in [5.74, 6) is 2.83. The van der Waals surface area contributed by atoms with Crippen molar-refractivity contribution in [2.75, 3.05) is 6.61 Å². The molecule has 1 saturated heterocycles. The summed E-state index contributed by atoms with van der Waals surface area (Å²) < 4.78 is 20.1. The van der Waals surface area contributed by atoms with Crippen molar-refractivity contribution >= 4 is 11.6 Å². The van der Waals surface area contributed by atoms with Crippen LogP contribution >= 0.6 is 11.6 Å². The average Bonchev–Trinajstić information content (AvgIpc) is 3.56. The van der Waals surface area contributed by atoms with Gasteiger partial charge in [0.2, 0.25) is 0 Å². The van der Waals surface area contributed by atoms with Crippen LogP contribution in [0.2, 0.25) is 5.02 Å². The van der Waals surface area contributed by atoms with Crippen molar-refractivity contribution in [3.8, 4) is 0 Å². The van der Waals surface area contributed by atoms with E-state index in [1.165, 1.54) is 51.4 Å².